The van der Waals surface area contributed by atoms with E-state index in [0.717, 1.165) is 26.1 Å². The monoisotopic (exact) mass is 299 g/mol. The number of fused-ring (bicyclic) bond motifs is 1. The second-order valence-corrected chi connectivity index (χ2v) is 7.48. The third-order valence-corrected chi connectivity index (χ3v) is 4.96. The molecular formula is C19H29N3. The molecular weight excluding hydrogens is 270 g/mol. The molecule has 0 bridgehead atoms. The average molecular weight is 299 g/mol. The minimum absolute atomic E-state index is 0.295. The number of rotatable bonds is 3. The third kappa shape index (κ3) is 3.21. The van der Waals surface area contributed by atoms with Crippen LogP contribution in [0.2, 0.25) is 0 Å². The van der Waals surface area contributed by atoms with Gasteiger partial charge < -0.3 is 4.98 Å². The minimum atomic E-state index is 0.295. The van der Waals surface area contributed by atoms with Crippen molar-refractivity contribution in [3.8, 4) is 0 Å². The van der Waals surface area contributed by atoms with Gasteiger partial charge in [0.05, 0.1) is 0 Å². The predicted molar refractivity (Wildman–Crippen MR) is 94.3 cm³/mol. The van der Waals surface area contributed by atoms with E-state index in [0.29, 0.717) is 5.54 Å². The molecule has 1 aromatic carbocycles. The maximum absolute atomic E-state index is 3.43. The highest BCUT2D eigenvalue weighted by Gasteiger charge is 2.25. The molecule has 1 N–H and O–H groups in total. The van der Waals surface area contributed by atoms with E-state index in [1.807, 2.05) is 0 Å². The van der Waals surface area contributed by atoms with Crippen LogP contribution in [0.3, 0.4) is 0 Å². The molecule has 22 heavy (non-hydrogen) atoms. The molecule has 1 aliphatic heterocycles. The summed E-state index contributed by atoms with van der Waals surface area (Å²) in [6, 6.07) is 6.80. The number of nitrogens with one attached hydrogen (secondary N) is 1. The van der Waals surface area contributed by atoms with Crippen molar-refractivity contribution in [1.29, 1.82) is 0 Å². The van der Waals surface area contributed by atoms with Crippen molar-refractivity contribution < 1.29 is 0 Å². The summed E-state index contributed by atoms with van der Waals surface area (Å²) >= 11 is 0. The van der Waals surface area contributed by atoms with Crippen molar-refractivity contribution in [1.82, 2.24) is 14.8 Å². The van der Waals surface area contributed by atoms with Crippen LogP contribution in [0, 0.1) is 0 Å². The van der Waals surface area contributed by atoms with Gasteiger partial charge >= 0.3 is 0 Å². The lowest BCUT2D eigenvalue weighted by Gasteiger charge is -2.42. The first kappa shape index (κ1) is 15.6. The van der Waals surface area contributed by atoms with Gasteiger partial charge in [-0.05, 0) is 50.5 Å². The first-order chi connectivity index (χ1) is 10.5. The second kappa shape index (κ2) is 6.05. The molecule has 0 aliphatic carbocycles. The molecule has 3 rings (SSSR count). The number of H-pyrrole nitrogens is 1. The maximum Gasteiger partial charge on any atom is 0.0457 e. The number of aromatic amines is 1. The van der Waals surface area contributed by atoms with Crippen LogP contribution < -0.4 is 0 Å². The van der Waals surface area contributed by atoms with Crippen LogP contribution in [-0.4, -0.2) is 46.5 Å². The lowest BCUT2D eigenvalue weighted by Crippen LogP contribution is -2.53. The van der Waals surface area contributed by atoms with Crippen LogP contribution in [0.4, 0.5) is 0 Å². The van der Waals surface area contributed by atoms with Crippen LogP contribution in [-0.2, 0) is 13.0 Å². The standard InChI is InChI=1S/C19H29N3/c1-5-15-6-7-18-17(12-15)16(13-20-18)14-21-8-10-22(11-9-21)19(2,3)4/h6-7,12-13,20H,5,8-11,14H2,1-4H3. The Morgan fingerprint density at radius 2 is 1.82 bits per heavy atom. The SMILES string of the molecule is CCc1ccc2[nH]cc(CN3CCN(C(C)(C)C)CC3)c2c1. The number of aryl methyl sites for hydroxylation is 1. The molecule has 0 atom stereocenters. The van der Waals surface area contributed by atoms with Gasteiger partial charge in [0.2, 0.25) is 0 Å². The number of piperazine rings is 1. The van der Waals surface area contributed by atoms with E-state index >= 15 is 0 Å². The van der Waals surface area contributed by atoms with Crippen molar-refractivity contribution in [2.75, 3.05) is 26.2 Å². The van der Waals surface area contributed by atoms with E-state index < -0.39 is 0 Å². The molecule has 1 fully saturated rings. The second-order valence-electron chi connectivity index (χ2n) is 7.48. The lowest BCUT2D eigenvalue weighted by atomic mass is 10.0. The zero-order chi connectivity index (χ0) is 15.7. The Morgan fingerprint density at radius 3 is 2.45 bits per heavy atom. The number of hydrogen-bond donors (Lipinski definition) is 1. The van der Waals surface area contributed by atoms with Crippen LogP contribution in [0.25, 0.3) is 10.9 Å². The summed E-state index contributed by atoms with van der Waals surface area (Å²) in [6.45, 7) is 14.9. The normalized spacial score (nSPS) is 18.2. The molecule has 1 aliphatic rings. The largest absolute Gasteiger partial charge is 0.361 e. The molecule has 1 aromatic heterocycles. The first-order valence-electron chi connectivity index (χ1n) is 8.53. The zero-order valence-electron chi connectivity index (χ0n) is 14.4. The van der Waals surface area contributed by atoms with Crippen molar-refractivity contribution in [3.63, 3.8) is 0 Å². The van der Waals surface area contributed by atoms with Gasteiger partial charge in [-0.1, -0.05) is 13.0 Å². The number of nitrogens with zero attached hydrogens (tertiary/aromatic N) is 2. The van der Waals surface area contributed by atoms with Gasteiger partial charge in [0.25, 0.3) is 0 Å². The quantitative estimate of drug-likeness (QED) is 0.934. The molecule has 3 nitrogen and oxygen atoms in total. The first-order valence-corrected chi connectivity index (χ1v) is 8.53. The van der Waals surface area contributed by atoms with E-state index in [-0.39, 0.29) is 0 Å². The molecule has 120 valence electrons. The molecule has 2 aromatic rings. The highest BCUT2D eigenvalue weighted by atomic mass is 15.3. The van der Waals surface area contributed by atoms with Crippen LogP contribution in [0.1, 0.15) is 38.8 Å². The van der Waals surface area contributed by atoms with Crippen molar-refractivity contribution >= 4 is 10.9 Å². The molecule has 0 radical (unpaired) electrons. The van der Waals surface area contributed by atoms with E-state index in [4.69, 9.17) is 0 Å². The number of hydrogen-bond acceptors (Lipinski definition) is 2. The Hall–Kier alpha value is -1.32. The van der Waals surface area contributed by atoms with Gasteiger partial charge in [-0.15, -0.1) is 0 Å². The molecule has 0 amide bonds. The molecule has 0 spiro atoms. The van der Waals surface area contributed by atoms with Crippen LogP contribution >= 0.6 is 0 Å². The summed E-state index contributed by atoms with van der Waals surface area (Å²) in [5, 5.41) is 1.40. The highest BCUT2D eigenvalue weighted by Crippen LogP contribution is 2.23. The number of benzene rings is 1. The summed E-state index contributed by atoms with van der Waals surface area (Å²) in [5.41, 5.74) is 4.42. The van der Waals surface area contributed by atoms with Crippen molar-refractivity contribution in [2.45, 2.75) is 46.2 Å². The Labute approximate surface area is 134 Å². The Bertz CT molecular complexity index is 628. The lowest BCUT2D eigenvalue weighted by molar-refractivity contribution is 0.0593. The fourth-order valence-electron chi connectivity index (χ4n) is 3.39. The Balaban J connectivity index is 1.69. The summed E-state index contributed by atoms with van der Waals surface area (Å²) < 4.78 is 0. The van der Waals surface area contributed by atoms with Gasteiger partial charge in [-0.2, -0.15) is 0 Å². The Kier molecular flexibility index (Phi) is 4.28. The van der Waals surface area contributed by atoms with E-state index in [2.05, 4.69) is 66.9 Å². The van der Waals surface area contributed by atoms with E-state index in [1.54, 1.807) is 0 Å². The van der Waals surface area contributed by atoms with Gasteiger partial charge in [0.1, 0.15) is 0 Å². The summed E-state index contributed by atoms with van der Waals surface area (Å²) in [6.07, 6.45) is 3.30. The van der Waals surface area contributed by atoms with Crippen molar-refractivity contribution in [3.05, 3.63) is 35.5 Å². The maximum atomic E-state index is 3.43. The van der Waals surface area contributed by atoms with Gasteiger partial charge in [-0.3, -0.25) is 9.80 Å². The van der Waals surface area contributed by atoms with Crippen molar-refractivity contribution in [2.24, 2.45) is 0 Å². The van der Waals surface area contributed by atoms with Gasteiger partial charge in [0.15, 0.2) is 0 Å². The van der Waals surface area contributed by atoms with Gasteiger partial charge in [-0.25, -0.2) is 0 Å². The van der Waals surface area contributed by atoms with Gasteiger partial charge in [0, 0.05) is 55.4 Å². The predicted octanol–water partition coefficient (Wildman–Crippen LogP) is 3.65. The fourth-order valence-corrected chi connectivity index (χ4v) is 3.39. The fraction of sp³-hybridized carbons (Fsp3) is 0.579. The van der Waals surface area contributed by atoms with Crippen LogP contribution in [0.15, 0.2) is 24.4 Å². The summed E-state index contributed by atoms with van der Waals surface area (Å²) in [7, 11) is 0. The van der Waals surface area contributed by atoms with E-state index in [9.17, 15) is 0 Å². The zero-order valence-corrected chi connectivity index (χ0v) is 14.4. The molecule has 3 heteroatoms. The smallest absolute Gasteiger partial charge is 0.0457 e. The van der Waals surface area contributed by atoms with Crippen LogP contribution in [0.5, 0.6) is 0 Å². The number of aromatic nitrogens is 1. The topological polar surface area (TPSA) is 22.3 Å². The average Bonchev–Trinajstić information content (AvgIpc) is 2.89. The minimum Gasteiger partial charge on any atom is -0.361 e. The summed E-state index contributed by atoms with van der Waals surface area (Å²) in [4.78, 5) is 8.60. The van der Waals surface area contributed by atoms with E-state index in [1.165, 1.54) is 35.1 Å². The molecule has 2 heterocycles. The Morgan fingerprint density at radius 1 is 1.09 bits per heavy atom. The molecule has 1 saturated heterocycles. The molecule has 0 saturated carbocycles. The highest BCUT2D eigenvalue weighted by molar-refractivity contribution is 5.83. The molecule has 0 unspecified atom stereocenters. The third-order valence-electron chi connectivity index (χ3n) is 4.96. The summed E-state index contributed by atoms with van der Waals surface area (Å²) in [5.74, 6) is 0.